The Bertz CT molecular complexity index is 117. The van der Waals surface area contributed by atoms with Crippen LogP contribution in [0, 0.1) is 0 Å². The van der Waals surface area contributed by atoms with Gasteiger partial charge in [-0.3, -0.25) is 4.79 Å². The molecule has 0 saturated carbocycles. The predicted octanol–water partition coefficient (Wildman–Crippen LogP) is -0.0884. The van der Waals surface area contributed by atoms with Crippen molar-refractivity contribution in [3.05, 3.63) is 0 Å². The Balaban J connectivity index is 3.08. The zero-order chi connectivity index (χ0) is 9.23. The van der Waals surface area contributed by atoms with Crippen LogP contribution in [0.15, 0.2) is 0 Å². The van der Waals surface area contributed by atoms with Crippen molar-refractivity contribution in [2.45, 2.75) is 19.8 Å². The number of carbonyl (C=O) groups excluding carboxylic acids is 1. The van der Waals surface area contributed by atoms with Crippen molar-refractivity contribution >= 4 is 5.91 Å². The minimum Gasteiger partial charge on any atom is -0.396 e. The van der Waals surface area contributed by atoms with E-state index in [0.29, 0.717) is 32.6 Å². The van der Waals surface area contributed by atoms with E-state index in [-0.39, 0.29) is 12.5 Å². The molecule has 0 saturated heterocycles. The van der Waals surface area contributed by atoms with Crippen LogP contribution >= 0.6 is 0 Å². The molecule has 0 heterocycles. The molecule has 0 spiro atoms. The number of rotatable bonds is 7. The molecule has 0 aromatic carbocycles. The molecule has 2 N–H and O–H groups in total. The number of ether oxygens (including phenoxy) is 1. The van der Waals surface area contributed by atoms with Gasteiger partial charge in [0.15, 0.2) is 0 Å². The normalized spacial score (nSPS) is 9.83. The molecule has 0 aromatic heterocycles. The molecule has 4 heteroatoms. The van der Waals surface area contributed by atoms with Crippen LogP contribution in [0.5, 0.6) is 0 Å². The van der Waals surface area contributed by atoms with Crippen LogP contribution < -0.4 is 5.32 Å². The van der Waals surface area contributed by atoms with Crippen LogP contribution in [-0.4, -0.2) is 37.4 Å². The van der Waals surface area contributed by atoms with E-state index in [1.54, 1.807) is 0 Å². The third kappa shape index (κ3) is 7.50. The maximum absolute atomic E-state index is 10.9. The van der Waals surface area contributed by atoms with Crippen molar-refractivity contribution in [2.24, 2.45) is 0 Å². The largest absolute Gasteiger partial charge is 0.396 e. The fourth-order valence-corrected chi connectivity index (χ4v) is 0.735. The quantitative estimate of drug-likeness (QED) is 0.532. The Morgan fingerprint density at radius 3 is 2.92 bits per heavy atom. The van der Waals surface area contributed by atoms with Crippen LogP contribution in [0.1, 0.15) is 19.8 Å². The van der Waals surface area contributed by atoms with E-state index in [1.807, 2.05) is 6.92 Å². The molecule has 1 amide bonds. The Labute approximate surface area is 72.9 Å². The summed E-state index contributed by atoms with van der Waals surface area (Å²) in [6, 6.07) is 0. The highest BCUT2D eigenvalue weighted by Gasteiger charge is 1.98. The van der Waals surface area contributed by atoms with Crippen molar-refractivity contribution < 1.29 is 14.6 Å². The van der Waals surface area contributed by atoms with Crippen molar-refractivity contribution in [2.75, 3.05) is 26.4 Å². The zero-order valence-electron chi connectivity index (χ0n) is 7.51. The third-order valence-corrected chi connectivity index (χ3v) is 1.33. The summed E-state index contributed by atoms with van der Waals surface area (Å²) in [6.07, 6.45) is 0.920. The summed E-state index contributed by atoms with van der Waals surface area (Å²) in [5, 5.41) is 11.1. The van der Waals surface area contributed by atoms with Gasteiger partial charge in [0.25, 0.3) is 0 Å². The van der Waals surface area contributed by atoms with Crippen LogP contribution in [0.4, 0.5) is 0 Å². The number of hydrogen-bond donors (Lipinski definition) is 2. The number of amides is 1. The Kier molecular flexibility index (Phi) is 8.05. The lowest BCUT2D eigenvalue weighted by molar-refractivity contribution is -0.121. The van der Waals surface area contributed by atoms with Crippen molar-refractivity contribution in [1.29, 1.82) is 0 Å². The smallest absolute Gasteiger partial charge is 0.220 e. The minimum absolute atomic E-state index is 0.0243. The molecular formula is C8H17NO3. The molecule has 0 bridgehead atoms. The van der Waals surface area contributed by atoms with Gasteiger partial charge in [-0.15, -0.1) is 0 Å². The lowest BCUT2D eigenvalue weighted by atomic mass is 10.3. The summed E-state index contributed by atoms with van der Waals surface area (Å²) in [4.78, 5) is 10.9. The fraction of sp³-hybridized carbons (Fsp3) is 0.875. The van der Waals surface area contributed by atoms with Crippen molar-refractivity contribution in [1.82, 2.24) is 5.32 Å². The van der Waals surface area contributed by atoms with Gasteiger partial charge in [0.2, 0.25) is 5.91 Å². The van der Waals surface area contributed by atoms with Crippen LogP contribution in [0.3, 0.4) is 0 Å². The number of carbonyl (C=O) groups is 1. The first-order valence-corrected chi connectivity index (χ1v) is 4.26. The Morgan fingerprint density at radius 2 is 2.33 bits per heavy atom. The third-order valence-electron chi connectivity index (χ3n) is 1.33. The molecule has 0 aliphatic carbocycles. The molecule has 0 aliphatic heterocycles. The van der Waals surface area contributed by atoms with Crippen molar-refractivity contribution in [3.63, 3.8) is 0 Å². The van der Waals surface area contributed by atoms with Gasteiger partial charge in [0, 0.05) is 26.2 Å². The number of aliphatic hydroxyl groups excluding tert-OH is 1. The van der Waals surface area contributed by atoms with Crippen LogP contribution in [0.25, 0.3) is 0 Å². The first-order chi connectivity index (χ1) is 5.81. The monoisotopic (exact) mass is 175 g/mol. The highest BCUT2D eigenvalue weighted by atomic mass is 16.5. The second-order valence-corrected chi connectivity index (χ2v) is 2.37. The van der Waals surface area contributed by atoms with E-state index in [4.69, 9.17) is 9.84 Å². The molecule has 4 nitrogen and oxygen atoms in total. The standard InChI is InChI=1S/C8H17NO3/c1-2-12-7-5-9-8(11)4-3-6-10/h10H,2-7H2,1H3,(H,9,11). The van der Waals surface area contributed by atoms with E-state index < -0.39 is 0 Å². The Hall–Kier alpha value is -0.610. The molecule has 72 valence electrons. The summed E-state index contributed by atoms with van der Waals surface area (Å²) < 4.78 is 5.02. The Morgan fingerprint density at radius 1 is 1.58 bits per heavy atom. The molecule has 0 atom stereocenters. The lowest BCUT2D eigenvalue weighted by Crippen LogP contribution is -2.27. The van der Waals surface area contributed by atoms with Gasteiger partial charge < -0.3 is 15.2 Å². The highest BCUT2D eigenvalue weighted by molar-refractivity contribution is 5.75. The summed E-state index contributed by atoms with van der Waals surface area (Å²) >= 11 is 0. The van der Waals surface area contributed by atoms with Gasteiger partial charge in [0.05, 0.1) is 6.61 Å². The van der Waals surface area contributed by atoms with E-state index in [0.717, 1.165) is 0 Å². The van der Waals surface area contributed by atoms with Gasteiger partial charge >= 0.3 is 0 Å². The molecule has 0 fully saturated rings. The molecule has 0 aromatic rings. The van der Waals surface area contributed by atoms with E-state index in [2.05, 4.69) is 5.32 Å². The summed E-state index contributed by atoms with van der Waals surface area (Å²) in [6.45, 7) is 3.76. The van der Waals surface area contributed by atoms with Gasteiger partial charge in [-0.1, -0.05) is 0 Å². The second-order valence-electron chi connectivity index (χ2n) is 2.37. The first kappa shape index (κ1) is 11.4. The van der Waals surface area contributed by atoms with E-state index >= 15 is 0 Å². The highest BCUT2D eigenvalue weighted by Crippen LogP contribution is 1.85. The van der Waals surface area contributed by atoms with Gasteiger partial charge in [0.1, 0.15) is 0 Å². The summed E-state index contributed by atoms with van der Waals surface area (Å²) in [5.41, 5.74) is 0. The van der Waals surface area contributed by atoms with Crippen LogP contribution in [-0.2, 0) is 9.53 Å². The van der Waals surface area contributed by atoms with Gasteiger partial charge in [-0.25, -0.2) is 0 Å². The second kappa shape index (κ2) is 8.49. The predicted molar refractivity (Wildman–Crippen MR) is 45.8 cm³/mol. The number of aliphatic hydroxyl groups is 1. The average Bonchev–Trinajstić information content (AvgIpc) is 2.09. The molecule has 12 heavy (non-hydrogen) atoms. The SMILES string of the molecule is CCOCCNC(=O)CCCO. The lowest BCUT2D eigenvalue weighted by Gasteiger charge is -2.03. The number of nitrogens with one attached hydrogen (secondary N) is 1. The fourth-order valence-electron chi connectivity index (χ4n) is 0.735. The van der Waals surface area contributed by atoms with Crippen LogP contribution in [0.2, 0.25) is 0 Å². The molecule has 0 radical (unpaired) electrons. The molecule has 0 aliphatic rings. The van der Waals surface area contributed by atoms with E-state index in [1.165, 1.54) is 0 Å². The molecule has 0 rings (SSSR count). The zero-order valence-corrected chi connectivity index (χ0v) is 7.51. The minimum atomic E-state index is -0.0243. The number of hydrogen-bond acceptors (Lipinski definition) is 3. The summed E-state index contributed by atoms with van der Waals surface area (Å²) in [7, 11) is 0. The van der Waals surface area contributed by atoms with Gasteiger partial charge in [-0.2, -0.15) is 0 Å². The van der Waals surface area contributed by atoms with Gasteiger partial charge in [-0.05, 0) is 13.3 Å². The van der Waals surface area contributed by atoms with E-state index in [9.17, 15) is 4.79 Å². The maximum atomic E-state index is 10.9. The summed E-state index contributed by atoms with van der Waals surface area (Å²) in [5.74, 6) is -0.0243. The average molecular weight is 175 g/mol. The topological polar surface area (TPSA) is 58.6 Å². The first-order valence-electron chi connectivity index (χ1n) is 4.26. The van der Waals surface area contributed by atoms with Crippen molar-refractivity contribution in [3.8, 4) is 0 Å². The molecular weight excluding hydrogens is 158 g/mol. The maximum Gasteiger partial charge on any atom is 0.220 e. The molecule has 0 unspecified atom stereocenters.